The predicted octanol–water partition coefficient (Wildman–Crippen LogP) is 2.49. The number of amides is 3. The highest BCUT2D eigenvalue weighted by molar-refractivity contribution is 5.94. The zero-order chi connectivity index (χ0) is 23.9. The van der Waals surface area contributed by atoms with Crippen molar-refractivity contribution >= 4 is 17.7 Å². The van der Waals surface area contributed by atoms with Crippen LogP contribution in [0.25, 0.3) is 0 Å². The molecule has 176 valence electrons. The van der Waals surface area contributed by atoms with Crippen LogP contribution in [0.1, 0.15) is 52.7 Å². The Morgan fingerprint density at radius 3 is 2.33 bits per heavy atom. The number of nitrogens with zero attached hydrogens (tertiary/aromatic N) is 4. The van der Waals surface area contributed by atoms with Gasteiger partial charge in [0, 0.05) is 45.7 Å². The van der Waals surface area contributed by atoms with Gasteiger partial charge in [0.2, 0.25) is 5.91 Å². The van der Waals surface area contributed by atoms with Crippen molar-refractivity contribution in [1.29, 1.82) is 0 Å². The number of piperidine rings is 1. The number of fused-ring (bicyclic) bond motifs is 1. The van der Waals surface area contributed by atoms with Gasteiger partial charge in [0.1, 0.15) is 6.17 Å². The highest BCUT2D eigenvalue weighted by Gasteiger charge is 2.49. The zero-order valence-electron chi connectivity index (χ0n) is 19.9. The lowest BCUT2D eigenvalue weighted by Crippen LogP contribution is -2.72. The molecule has 3 unspecified atom stereocenters. The van der Waals surface area contributed by atoms with E-state index in [1.807, 2.05) is 48.0 Å². The minimum absolute atomic E-state index is 0.0134. The summed E-state index contributed by atoms with van der Waals surface area (Å²) in [5.74, 6) is 0.309. The number of hydrogen-bond donors (Lipinski definition) is 0. The molecule has 2 fully saturated rings. The number of carbonyl (C=O) groups is 3. The third-order valence-electron chi connectivity index (χ3n) is 6.84. The molecule has 0 saturated carbocycles. The molecule has 1 aromatic heterocycles. The standard InChI is InChI=1S/C25H32N4O4/c1-16-14-28(25(32)22-7-6-12-33-22)21-13-20(15-27(5)23(21)29(16)17(2)30)18-8-10-19(11-9-18)24(31)26(3)4/h6-12,16,20-21,23H,13-15H2,1-5H3/t16-,20?,21?,23?/m0/s1. The summed E-state index contributed by atoms with van der Waals surface area (Å²) in [6.07, 6.45) is 2.03. The lowest BCUT2D eigenvalue weighted by molar-refractivity contribution is -0.152. The van der Waals surface area contributed by atoms with E-state index >= 15 is 0 Å². The Labute approximate surface area is 194 Å². The van der Waals surface area contributed by atoms with Gasteiger partial charge in [-0.15, -0.1) is 0 Å². The molecule has 0 aliphatic carbocycles. The van der Waals surface area contributed by atoms with Crippen LogP contribution in [-0.4, -0.2) is 89.8 Å². The first-order chi connectivity index (χ1) is 15.7. The maximum Gasteiger partial charge on any atom is 0.289 e. The van der Waals surface area contributed by atoms with Crippen molar-refractivity contribution in [1.82, 2.24) is 19.6 Å². The summed E-state index contributed by atoms with van der Waals surface area (Å²) in [5, 5.41) is 0. The summed E-state index contributed by atoms with van der Waals surface area (Å²) in [4.78, 5) is 45.7. The lowest BCUT2D eigenvalue weighted by Gasteiger charge is -2.56. The fourth-order valence-corrected chi connectivity index (χ4v) is 5.36. The molecule has 3 amide bonds. The van der Waals surface area contributed by atoms with Crippen LogP contribution in [0.2, 0.25) is 0 Å². The van der Waals surface area contributed by atoms with Crippen molar-refractivity contribution in [2.24, 2.45) is 0 Å². The van der Waals surface area contributed by atoms with Gasteiger partial charge in [-0.05, 0) is 56.1 Å². The highest BCUT2D eigenvalue weighted by atomic mass is 16.3. The average molecular weight is 453 g/mol. The Morgan fingerprint density at radius 2 is 1.76 bits per heavy atom. The number of hydrogen-bond acceptors (Lipinski definition) is 5. The Balaban J connectivity index is 1.65. The van der Waals surface area contributed by atoms with Crippen LogP contribution >= 0.6 is 0 Å². The topological polar surface area (TPSA) is 77.3 Å². The molecule has 2 aliphatic rings. The molecule has 0 spiro atoms. The van der Waals surface area contributed by atoms with Crippen molar-refractivity contribution in [3.05, 3.63) is 59.5 Å². The minimum atomic E-state index is -0.198. The number of benzene rings is 1. The molecule has 4 rings (SSSR count). The largest absolute Gasteiger partial charge is 0.459 e. The van der Waals surface area contributed by atoms with E-state index in [1.54, 1.807) is 38.1 Å². The van der Waals surface area contributed by atoms with Crippen LogP contribution in [-0.2, 0) is 4.79 Å². The van der Waals surface area contributed by atoms with Crippen LogP contribution in [0.4, 0.5) is 0 Å². The van der Waals surface area contributed by atoms with E-state index in [9.17, 15) is 14.4 Å². The summed E-state index contributed by atoms with van der Waals surface area (Å²) in [7, 11) is 5.49. The molecule has 8 nitrogen and oxygen atoms in total. The summed E-state index contributed by atoms with van der Waals surface area (Å²) in [6.45, 7) is 4.79. The van der Waals surface area contributed by atoms with E-state index in [4.69, 9.17) is 4.42 Å². The van der Waals surface area contributed by atoms with Crippen molar-refractivity contribution < 1.29 is 18.8 Å². The van der Waals surface area contributed by atoms with Crippen LogP contribution in [0, 0.1) is 0 Å². The average Bonchev–Trinajstić information content (AvgIpc) is 3.32. The number of rotatable bonds is 3. The molecule has 1 aromatic carbocycles. The number of piperazine rings is 1. The van der Waals surface area contributed by atoms with Crippen molar-refractivity contribution in [2.75, 3.05) is 34.2 Å². The van der Waals surface area contributed by atoms with Gasteiger partial charge in [-0.2, -0.15) is 0 Å². The highest BCUT2D eigenvalue weighted by Crippen LogP contribution is 2.37. The summed E-state index contributed by atoms with van der Waals surface area (Å²) in [6, 6.07) is 10.9. The summed E-state index contributed by atoms with van der Waals surface area (Å²) < 4.78 is 5.41. The number of likely N-dealkylation sites (tertiary alicyclic amines) is 1. The summed E-state index contributed by atoms with van der Waals surface area (Å²) >= 11 is 0. The van der Waals surface area contributed by atoms with Crippen molar-refractivity contribution in [3.63, 3.8) is 0 Å². The Hall–Kier alpha value is -3.13. The van der Waals surface area contributed by atoms with Crippen LogP contribution < -0.4 is 0 Å². The first-order valence-electron chi connectivity index (χ1n) is 11.3. The molecule has 8 heteroatoms. The number of carbonyl (C=O) groups excluding carboxylic acids is 3. The third kappa shape index (κ3) is 4.27. The van der Waals surface area contributed by atoms with Gasteiger partial charge in [0.15, 0.2) is 5.76 Å². The molecule has 0 bridgehead atoms. The molecule has 2 saturated heterocycles. The van der Waals surface area contributed by atoms with Gasteiger partial charge in [-0.3, -0.25) is 19.3 Å². The van der Waals surface area contributed by atoms with E-state index in [0.29, 0.717) is 17.9 Å². The monoisotopic (exact) mass is 452 g/mol. The SMILES string of the molecule is CC(=O)N1C2C(CC(c3ccc(C(=O)N(C)C)cc3)CN2C)N(C(=O)c2ccco2)C[C@@H]1C. The smallest absolute Gasteiger partial charge is 0.289 e. The fraction of sp³-hybridized carbons (Fsp3) is 0.480. The maximum absolute atomic E-state index is 13.3. The van der Waals surface area contributed by atoms with Crippen LogP contribution in [0.15, 0.2) is 47.1 Å². The predicted molar refractivity (Wildman–Crippen MR) is 124 cm³/mol. The van der Waals surface area contributed by atoms with E-state index in [2.05, 4.69) is 4.90 Å². The van der Waals surface area contributed by atoms with Gasteiger partial charge in [-0.1, -0.05) is 12.1 Å². The normalized spacial score (nSPS) is 25.5. The quantitative estimate of drug-likeness (QED) is 0.715. The van der Waals surface area contributed by atoms with Gasteiger partial charge in [-0.25, -0.2) is 0 Å². The van der Waals surface area contributed by atoms with Crippen molar-refractivity contribution in [2.45, 2.75) is 44.4 Å². The van der Waals surface area contributed by atoms with Gasteiger partial charge in [0.25, 0.3) is 11.8 Å². The Kier molecular flexibility index (Phi) is 6.30. The van der Waals surface area contributed by atoms with Gasteiger partial charge >= 0.3 is 0 Å². The molecular weight excluding hydrogens is 420 g/mol. The Morgan fingerprint density at radius 1 is 1.06 bits per heavy atom. The second kappa shape index (κ2) is 9.02. The molecule has 3 heterocycles. The first-order valence-corrected chi connectivity index (χ1v) is 11.3. The summed E-state index contributed by atoms with van der Waals surface area (Å²) in [5.41, 5.74) is 1.77. The molecule has 2 aromatic rings. The van der Waals surface area contributed by atoms with E-state index in [0.717, 1.165) is 18.5 Å². The maximum atomic E-state index is 13.3. The number of furan rings is 1. The van der Waals surface area contributed by atoms with Crippen molar-refractivity contribution in [3.8, 4) is 0 Å². The molecule has 2 aliphatic heterocycles. The zero-order valence-corrected chi connectivity index (χ0v) is 19.9. The minimum Gasteiger partial charge on any atom is -0.459 e. The van der Waals surface area contributed by atoms with Gasteiger partial charge in [0.05, 0.1) is 12.3 Å². The fourth-order valence-electron chi connectivity index (χ4n) is 5.36. The van der Waals surface area contributed by atoms with Gasteiger partial charge < -0.3 is 19.1 Å². The second-order valence-corrected chi connectivity index (χ2v) is 9.38. The molecule has 0 radical (unpaired) electrons. The van der Waals surface area contributed by atoms with E-state index in [-0.39, 0.29) is 41.9 Å². The first kappa shape index (κ1) is 23.0. The molecular formula is C25H32N4O4. The second-order valence-electron chi connectivity index (χ2n) is 9.38. The van der Waals surface area contributed by atoms with E-state index in [1.165, 1.54) is 6.26 Å². The molecule has 4 atom stereocenters. The van der Waals surface area contributed by atoms with Crippen LogP contribution in [0.3, 0.4) is 0 Å². The third-order valence-corrected chi connectivity index (χ3v) is 6.84. The number of likely N-dealkylation sites (N-methyl/N-ethyl adjacent to an activating group) is 1. The lowest BCUT2D eigenvalue weighted by atomic mass is 9.83. The van der Waals surface area contributed by atoms with Crippen LogP contribution in [0.5, 0.6) is 0 Å². The molecule has 0 N–H and O–H groups in total. The Bertz CT molecular complexity index is 1020. The molecule has 33 heavy (non-hydrogen) atoms. The van der Waals surface area contributed by atoms with E-state index < -0.39 is 0 Å².